The van der Waals surface area contributed by atoms with Crippen LogP contribution in [0, 0.1) is 6.92 Å². The summed E-state index contributed by atoms with van der Waals surface area (Å²) in [5, 5.41) is 11.3. The van der Waals surface area contributed by atoms with Gasteiger partial charge < -0.3 is 0 Å². The topological polar surface area (TPSA) is 45.0 Å². The first-order chi connectivity index (χ1) is 12.7. The van der Waals surface area contributed by atoms with Gasteiger partial charge in [-0.1, -0.05) is 61.9 Å². The molecule has 0 radical (unpaired) electrons. The smallest absolute Gasteiger partial charge is 0.242 e. The first kappa shape index (κ1) is 18.9. The van der Waals surface area contributed by atoms with E-state index in [1.54, 1.807) is 34.2 Å². The van der Waals surface area contributed by atoms with Gasteiger partial charge in [-0.2, -0.15) is 5.10 Å². The molecule has 1 unspecified atom stereocenters. The van der Waals surface area contributed by atoms with E-state index in [4.69, 9.17) is 0 Å². The zero-order valence-electron chi connectivity index (χ0n) is 15.1. The number of rotatable bonds is 7. The van der Waals surface area contributed by atoms with Gasteiger partial charge in [-0.05, 0) is 35.9 Å². The second-order valence-corrected chi connectivity index (χ2v) is 8.39. The Kier molecular flexibility index (Phi) is 6.63. The molecule has 2 heterocycles. The molecular formula is C20H23N3OS2. The highest BCUT2D eigenvalue weighted by atomic mass is 32.2. The van der Waals surface area contributed by atoms with Gasteiger partial charge in [0, 0.05) is 4.88 Å². The summed E-state index contributed by atoms with van der Waals surface area (Å²) in [6.45, 7) is 4.77. The first-order valence-corrected chi connectivity index (χ1v) is 10.6. The summed E-state index contributed by atoms with van der Waals surface area (Å²) in [5.41, 5.74) is 2.33. The lowest BCUT2D eigenvalue weighted by Crippen LogP contribution is -2.31. The van der Waals surface area contributed by atoms with Crippen molar-refractivity contribution in [2.24, 2.45) is 10.2 Å². The van der Waals surface area contributed by atoms with E-state index in [-0.39, 0.29) is 11.2 Å². The van der Waals surface area contributed by atoms with Crippen LogP contribution in [-0.4, -0.2) is 27.4 Å². The number of aryl methyl sites for hydroxylation is 1. The van der Waals surface area contributed by atoms with Gasteiger partial charge in [-0.3, -0.25) is 9.69 Å². The number of carbonyl (C=O) groups excluding carboxylic acids is 1. The Balaban J connectivity index is 1.81. The SMILES string of the molecule is CCCCC1SC(=NN=Cc2cccs2)N(Cc2ccccc2C)C1=O. The maximum absolute atomic E-state index is 12.9. The third-order valence-corrected chi connectivity index (χ3v) is 6.34. The van der Waals surface area contributed by atoms with Crippen molar-refractivity contribution in [1.82, 2.24) is 4.90 Å². The summed E-state index contributed by atoms with van der Waals surface area (Å²) in [5.74, 6) is 0.150. The molecule has 1 amide bonds. The molecule has 0 spiro atoms. The molecule has 0 saturated carbocycles. The fourth-order valence-corrected chi connectivity index (χ4v) is 4.48. The van der Waals surface area contributed by atoms with E-state index >= 15 is 0 Å². The average Bonchev–Trinajstić information content (AvgIpc) is 3.25. The Hall–Kier alpha value is -1.92. The largest absolute Gasteiger partial charge is 0.284 e. The second kappa shape index (κ2) is 9.14. The molecule has 1 atom stereocenters. The van der Waals surface area contributed by atoms with Crippen molar-refractivity contribution in [3.63, 3.8) is 0 Å². The number of thiophene rings is 1. The van der Waals surface area contributed by atoms with Crippen LogP contribution in [0.2, 0.25) is 0 Å². The summed E-state index contributed by atoms with van der Waals surface area (Å²) in [6.07, 6.45) is 4.77. The molecule has 1 fully saturated rings. The van der Waals surface area contributed by atoms with E-state index in [0.717, 1.165) is 29.7 Å². The van der Waals surface area contributed by atoms with Gasteiger partial charge in [0.25, 0.3) is 0 Å². The molecule has 26 heavy (non-hydrogen) atoms. The summed E-state index contributed by atoms with van der Waals surface area (Å²) >= 11 is 3.16. The van der Waals surface area contributed by atoms with E-state index in [2.05, 4.69) is 36.2 Å². The molecule has 1 saturated heterocycles. The Bertz CT molecular complexity index is 799. The lowest BCUT2D eigenvalue weighted by atomic mass is 10.1. The van der Waals surface area contributed by atoms with Crippen molar-refractivity contribution in [1.29, 1.82) is 0 Å². The number of benzene rings is 1. The van der Waals surface area contributed by atoms with Crippen LogP contribution in [0.4, 0.5) is 0 Å². The molecular weight excluding hydrogens is 362 g/mol. The third kappa shape index (κ3) is 4.62. The van der Waals surface area contributed by atoms with Crippen LogP contribution in [0.25, 0.3) is 0 Å². The molecule has 1 aromatic carbocycles. The Labute approximate surface area is 163 Å². The predicted octanol–water partition coefficient (Wildman–Crippen LogP) is 5.08. The minimum Gasteiger partial charge on any atom is -0.284 e. The van der Waals surface area contributed by atoms with E-state index in [0.29, 0.717) is 11.7 Å². The Morgan fingerprint density at radius 1 is 1.23 bits per heavy atom. The highest BCUT2D eigenvalue weighted by molar-refractivity contribution is 8.15. The molecule has 0 N–H and O–H groups in total. The third-order valence-electron chi connectivity index (χ3n) is 4.30. The maximum atomic E-state index is 12.9. The summed E-state index contributed by atoms with van der Waals surface area (Å²) in [4.78, 5) is 15.7. The van der Waals surface area contributed by atoms with Crippen LogP contribution in [0.3, 0.4) is 0 Å². The van der Waals surface area contributed by atoms with Gasteiger partial charge in [0.2, 0.25) is 5.91 Å². The van der Waals surface area contributed by atoms with E-state index in [1.807, 2.05) is 29.6 Å². The van der Waals surface area contributed by atoms with E-state index in [9.17, 15) is 4.79 Å². The molecule has 6 heteroatoms. The normalized spacial score (nSPS) is 19.2. The molecule has 4 nitrogen and oxygen atoms in total. The highest BCUT2D eigenvalue weighted by Gasteiger charge is 2.37. The lowest BCUT2D eigenvalue weighted by Gasteiger charge is -2.17. The van der Waals surface area contributed by atoms with Gasteiger partial charge >= 0.3 is 0 Å². The van der Waals surface area contributed by atoms with Crippen LogP contribution >= 0.6 is 23.1 Å². The van der Waals surface area contributed by atoms with Crippen molar-refractivity contribution >= 4 is 40.4 Å². The first-order valence-electron chi connectivity index (χ1n) is 8.86. The number of hydrogen-bond acceptors (Lipinski definition) is 5. The van der Waals surface area contributed by atoms with Crippen LogP contribution in [-0.2, 0) is 11.3 Å². The van der Waals surface area contributed by atoms with Crippen LogP contribution < -0.4 is 0 Å². The summed E-state index contributed by atoms with van der Waals surface area (Å²) in [6, 6.07) is 12.2. The molecule has 0 aliphatic carbocycles. The minimum atomic E-state index is -0.0466. The van der Waals surface area contributed by atoms with Crippen molar-refractivity contribution in [3.05, 3.63) is 57.8 Å². The average molecular weight is 386 g/mol. The number of nitrogens with zero attached hydrogens (tertiary/aromatic N) is 3. The summed E-state index contributed by atoms with van der Waals surface area (Å²) in [7, 11) is 0. The summed E-state index contributed by atoms with van der Waals surface area (Å²) < 4.78 is 0. The maximum Gasteiger partial charge on any atom is 0.242 e. The van der Waals surface area contributed by atoms with Crippen molar-refractivity contribution in [2.45, 2.75) is 44.9 Å². The predicted molar refractivity (Wildman–Crippen MR) is 112 cm³/mol. The molecule has 3 rings (SSSR count). The lowest BCUT2D eigenvalue weighted by molar-refractivity contribution is -0.126. The zero-order chi connectivity index (χ0) is 18.4. The number of thioether (sulfide) groups is 1. The molecule has 0 bridgehead atoms. The number of amidine groups is 1. The second-order valence-electron chi connectivity index (χ2n) is 6.24. The Morgan fingerprint density at radius 2 is 2.08 bits per heavy atom. The van der Waals surface area contributed by atoms with Crippen molar-refractivity contribution < 1.29 is 4.79 Å². The van der Waals surface area contributed by atoms with Gasteiger partial charge in [0.1, 0.15) is 0 Å². The fraction of sp³-hybridized carbons (Fsp3) is 0.350. The van der Waals surface area contributed by atoms with Gasteiger partial charge in [-0.25, -0.2) is 0 Å². The molecule has 1 aliphatic rings. The van der Waals surface area contributed by atoms with Gasteiger partial charge in [-0.15, -0.1) is 16.4 Å². The van der Waals surface area contributed by atoms with E-state index in [1.165, 1.54) is 5.56 Å². The fourth-order valence-electron chi connectivity index (χ4n) is 2.76. The minimum absolute atomic E-state index is 0.0466. The van der Waals surface area contributed by atoms with E-state index < -0.39 is 0 Å². The van der Waals surface area contributed by atoms with Crippen LogP contribution in [0.1, 0.15) is 42.2 Å². The van der Waals surface area contributed by atoms with Gasteiger partial charge in [0.15, 0.2) is 5.17 Å². The van der Waals surface area contributed by atoms with Crippen molar-refractivity contribution in [3.8, 4) is 0 Å². The molecule has 1 aliphatic heterocycles. The van der Waals surface area contributed by atoms with Crippen LogP contribution in [0.15, 0.2) is 52.0 Å². The quantitative estimate of drug-likeness (QED) is 0.493. The molecule has 1 aromatic heterocycles. The number of unbranched alkanes of at least 4 members (excludes halogenated alkanes) is 1. The number of carbonyl (C=O) groups is 1. The van der Waals surface area contributed by atoms with Crippen molar-refractivity contribution in [2.75, 3.05) is 0 Å². The molecule has 2 aromatic rings. The number of amides is 1. The monoisotopic (exact) mass is 385 g/mol. The standard InChI is InChI=1S/C20H23N3OS2/c1-3-4-11-18-19(24)23(14-16-9-6-5-8-15(16)2)20(26-18)22-21-13-17-10-7-12-25-17/h5-10,12-13,18H,3-4,11,14H2,1-2H3. The zero-order valence-corrected chi connectivity index (χ0v) is 16.7. The number of hydrogen-bond donors (Lipinski definition) is 0. The van der Waals surface area contributed by atoms with Crippen LogP contribution in [0.5, 0.6) is 0 Å². The highest BCUT2D eigenvalue weighted by Crippen LogP contribution is 2.32. The van der Waals surface area contributed by atoms with Gasteiger partial charge in [0.05, 0.1) is 18.0 Å². The molecule has 136 valence electrons. The Morgan fingerprint density at radius 3 is 2.81 bits per heavy atom.